The van der Waals surface area contributed by atoms with Crippen LogP contribution in [-0.4, -0.2) is 35.5 Å². The van der Waals surface area contributed by atoms with Crippen molar-refractivity contribution in [2.45, 2.75) is 50.5 Å². The average molecular weight is 201 g/mol. The Kier molecular flexibility index (Phi) is 5.45. The molecule has 1 rings (SSSR count). The molecule has 0 spiro atoms. The SMILES string of the molecule is OCCCCNC1(CO)CCCCC1. The summed E-state index contributed by atoms with van der Waals surface area (Å²) in [5.41, 5.74) is -0.00624. The van der Waals surface area contributed by atoms with Gasteiger partial charge in [-0.3, -0.25) is 0 Å². The van der Waals surface area contributed by atoms with Gasteiger partial charge in [0.05, 0.1) is 6.61 Å². The number of nitrogens with one attached hydrogen (secondary N) is 1. The maximum absolute atomic E-state index is 9.39. The van der Waals surface area contributed by atoms with E-state index in [9.17, 15) is 5.11 Å². The van der Waals surface area contributed by atoms with Crippen LogP contribution in [0.4, 0.5) is 0 Å². The quantitative estimate of drug-likeness (QED) is 0.563. The van der Waals surface area contributed by atoms with Gasteiger partial charge in [-0.2, -0.15) is 0 Å². The minimum atomic E-state index is -0.00624. The molecule has 0 saturated heterocycles. The fraction of sp³-hybridized carbons (Fsp3) is 1.00. The molecule has 0 bridgehead atoms. The lowest BCUT2D eigenvalue weighted by molar-refractivity contribution is 0.120. The van der Waals surface area contributed by atoms with Crippen molar-refractivity contribution in [2.24, 2.45) is 0 Å². The van der Waals surface area contributed by atoms with E-state index in [1.165, 1.54) is 19.3 Å². The van der Waals surface area contributed by atoms with Gasteiger partial charge < -0.3 is 15.5 Å². The first kappa shape index (κ1) is 12.0. The molecular formula is C11H23NO2. The highest BCUT2D eigenvalue weighted by molar-refractivity contribution is 4.89. The van der Waals surface area contributed by atoms with Gasteiger partial charge in [-0.25, -0.2) is 0 Å². The normalized spacial score (nSPS) is 21.0. The smallest absolute Gasteiger partial charge is 0.0613 e. The van der Waals surface area contributed by atoms with Gasteiger partial charge in [0.1, 0.15) is 0 Å². The van der Waals surface area contributed by atoms with Crippen LogP contribution in [0.15, 0.2) is 0 Å². The zero-order chi connectivity index (χ0) is 10.3. The number of rotatable bonds is 6. The summed E-state index contributed by atoms with van der Waals surface area (Å²) in [6.45, 7) is 1.45. The molecular weight excluding hydrogens is 178 g/mol. The molecule has 0 amide bonds. The Bertz CT molecular complexity index is 144. The second-order valence-electron chi connectivity index (χ2n) is 4.36. The van der Waals surface area contributed by atoms with Gasteiger partial charge in [0.25, 0.3) is 0 Å². The summed E-state index contributed by atoms with van der Waals surface area (Å²) in [5.74, 6) is 0. The molecule has 3 heteroatoms. The third kappa shape index (κ3) is 3.56. The van der Waals surface area contributed by atoms with Crippen LogP contribution in [-0.2, 0) is 0 Å². The maximum atomic E-state index is 9.39. The van der Waals surface area contributed by atoms with Crippen molar-refractivity contribution in [2.75, 3.05) is 19.8 Å². The fourth-order valence-electron chi connectivity index (χ4n) is 2.21. The summed E-state index contributed by atoms with van der Waals surface area (Å²) in [4.78, 5) is 0. The highest BCUT2D eigenvalue weighted by Crippen LogP contribution is 2.27. The van der Waals surface area contributed by atoms with Crippen LogP contribution in [0.3, 0.4) is 0 Å². The van der Waals surface area contributed by atoms with E-state index in [0.29, 0.717) is 0 Å². The van der Waals surface area contributed by atoms with Gasteiger partial charge in [0.15, 0.2) is 0 Å². The van der Waals surface area contributed by atoms with E-state index in [1.807, 2.05) is 0 Å². The highest BCUT2D eigenvalue weighted by Gasteiger charge is 2.30. The van der Waals surface area contributed by atoms with Gasteiger partial charge in [0, 0.05) is 12.1 Å². The Morgan fingerprint density at radius 3 is 2.29 bits per heavy atom. The van der Waals surface area contributed by atoms with Gasteiger partial charge >= 0.3 is 0 Å². The number of aliphatic hydroxyl groups excluding tert-OH is 2. The predicted molar refractivity (Wildman–Crippen MR) is 57.2 cm³/mol. The van der Waals surface area contributed by atoms with Gasteiger partial charge in [-0.15, -0.1) is 0 Å². The van der Waals surface area contributed by atoms with E-state index >= 15 is 0 Å². The average Bonchev–Trinajstić information content (AvgIpc) is 2.26. The Balaban J connectivity index is 2.22. The number of hydrogen-bond donors (Lipinski definition) is 3. The van der Waals surface area contributed by atoms with E-state index < -0.39 is 0 Å². The van der Waals surface area contributed by atoms with Crippen molar-refractivity contribution in [3.05, 3.63) is 0 Å². The summed E-state index contributed by atoms with van der Waals surface area (Å²) in [5, 5.41) is 21.5. The molecule has 0 atom stereocenters. The maximum Gasteiger partial charge on any atom is 0.0613 e. The van der Waals surface area contributed by atoms with Crippen molar-refractivity contribution in [3.63, 3.8) is 0 Å². The van der Waals surface area contributed by atoms with Crippen LogP contribution >= 0.6 is 0 Å². The van der Waals surface area contributed by atoms with Crippen LogP contribution < -0.4 is 5.32 Å². The van der Waals surface area contributed by atoms with E-state index in [1.54, 1.807) is 0 Å². The molecule has 0 radical (unpaired) electrons. The summed E-state index contributed by atoms with van der Waals surface area (Å²) < 4.78 is 0. The molecule has 0 heterocycles. The molecule has 14 heavy (non-hydrogen) atoms. The zero-order valence-electron chi connectivity index (χ0n) is 8.97. The highest BCUT2D eigenvalue weighted by atomic mass is 16.3. The zero-order valence-corrected chi connectivity index (χ0v) is 8.97. The third-order valence-corrected chi connectivity index (χ3v) is 3.20. The molecule has 1 fully saturated rings. The van der Waals surface area contributed by atoms with Crippen LogP contribution in [0.5, 0.6) is 0 Å². The summed E-state index contributed by atoms with van der Waals surface area (Å²) in [6.07, 6.45) is 7.82. The topological polar surface area (TPSA) is 52.5 Å². The Hall–Kier alpha value is -0.120. The first-order chi connectivity index (χ1) is 6.83. The minimum Gasteiger partial charge on any atom is -0.396 e. The van der Waals surface area contributed by atoms with Crippen molar-refractivity contribution in [1.82, 2.24) is 5.32 Å². The van der Waals surface area contributed by atoms with Crippen LogP contribution in [0.1, 0.15) is 44.9 Å². The van der Waals surface area contributed by atoms with E-state index in [4.69, 9.17) is 5.11 Å². The summed E-state index contributed by atoms with van der Waals surface area (Å²) >= 11 is 0. The van der Waals surface area contributed by atoms with Crippen LogP contribution in [0.2, 0.25) is 0 Å². The minimum absolute atomic E-state index is 0.00624. The van der Waals surface area contributed by atoms with Crippen molar-refractivity contribution in [3.8, 4) is 0 Å². The van der Waals surface area contributed by atoms with Gasteiger partial charge in [-0.05, 0) is 32.2 Å². The van der Waals surface area contributed by atoms with Gasteiger partial charge in [0.2, 0.25) is 0 Å². The molecule has 0 aromatic carbocycles. The second kappa shape index (κ2) is 6.38. The molecule has 1 aliphatic carbocycles. The van der Waals surface area contributed by atoms with Crippen molar-refractivity contribution < 1.29 is 10.2 Å². The van der Waals surface area contributed by atoms with Crippen molar-refractivity contribution >= 4 is 0 Å². The first-order valence-electron chi connectivity index (χ1n) is 5.80. The summed E-state index contributed by atoms with van der Waals surface area (Å²) in [7, 11) is 0. The second-order valence-corrected chi connectivity index (χ2v) is 4.36. The first-order valence-corrected chi connectivity index (χ1v) is 5.80. The Labute approximate surface area is 86.5 Å². The number of unbranched alkanes of at least 4 members (excludes halogenated alkanes) is 1. The molecule has 0 aromatic rings. The van der Waals surface area contributed by atoms with Crippen LogP contribution in [0.25, 0.3) is 0 Å². The Morgan fingerprint density at radius 2 is 1.71 bits per heavy atom. The molecule has 3 N–H and O–H groups in total. The van der Waals surface area contributed by atoms with E-state index in [0.717, 1.165) is 32.2 Å². The molecule has 1 aliphatic rings. The lowest BCUT2D eigenvalue weighted by Crippen LogP contribution is -2.50. The summed E-state index contributed by atoms with van der Waals surface area (Å²) in [6, 6.07) is 0. The number of hydrogen-bond acceptors (Lipinski definition) is 3. The lowest BCUT2D eigenvalue weighted by atomic mass is 9.82. The molecule has 0 aliphatic heterocycles. The lowest BCUT2D eigenvalue weighted by Gasteiger charge is -2.36. The molecule has 1 saturated carbocycles. The Morgan fingerprint density at radius 1 is 1.00 bits per heavy atom. The molecule has 0 aromatic heterocycles. The molecule has 3 nitrogen and oxygen atoms in total. The molecule has 84 valence electrons. The van der Waals surface area contributed by atoms with Crippen LogP contribution in [0, 0.1) is 0 Å². The largest absolute Gasteiger partial charge is 0.396 e. The van der Waals surface area contributed by atoms with E-state index in [2.05, 4.69) is 5.32 Å². The monoisotopic (exact) mass is 201 g/mol. The van der Waals surface area contributed by atoms with Gasteiger partial charge in [-0.1, -0.05) is 19.3 Å². The van der Waals surface area contributed by atoms with Crippen molar-refractivity contribution in [1.29, 1.82) is 0 Å². The van der Waals surface area contributed by atoms with E-state index in [-0.39, 0.29) is 18.8 Å². The third-order valence-electron chi connectivity index (χ3n) is 3.20. The number of aliphatic hydroxyl groups is 2. The molecule has 0 unspecified atom stereocenters. The predicted octanol–water partition coefficient (Wildman–Crippen LogP) is 1.04. The fourth-order valence-corrected chi connectivity index (χ4v) is 2.21. The standard InChI is InChI=1S/C11H23NO2/c13-9-5-4-8-12-11(10-14)6-2-1-3-7-11/h12-14H,1-10H2.